The van der Waals surface area contributed by atoms with Crippen LogP contribution in [-0.2, 0) is 4.52 Å². The molecule has 0 aliphatic heterocycles. The number of anilines is 1. The number of carbonyl (C=O) groups is 1. The summed E-state index contributed by atoms with van der Waals surface area (Å²) in [6, 6.07) is 6.71. The summed E-state index contributed by atoms with van der Waals surface area (Å²) < 4.78 is 4.44. The molecular formula is C7H9N2O2P. The number of nitrogen functional groups attached to an aromatic ring is 1. The first-order valence-corrected chi connectivity index (χ1v) is 3.73. The van der Waals surface area contributed by atoms with Gasteiger partial charge in [0.05, 0.1) is 15.0 Å². The van der Waals surface area contributed by atoms with Crippen LogP contribution >= 0.6 is 9.47 Å². The number of nitrogens with two attached hydrogens (primary N) is 1. The Morgan fingerprint density at radius 1 is 1.58 bits per heavy atom. The smallest absolute Gasteiger partial charge is 0.340 e. The standard InChI is InChI=1S/C7H9N2O2P/c8-9-6-3-1-2-5(4-6)7(10)11-12/h1-4,9H,8,12H2. The second kappa shape index (κ2) is 4.04. The van der Waals surface area contributed by atoms with E-state index in [4.69, 9.17) is 5.84 Å². The summed E-state index contributed by atoms with van der Waals surface area (Å²) in [5, 5.41) is 0. The topological polar surface area (TPSA) is 64.3 Å². The lowest BCUT2D eigenvalue weighted by molar-refractivity contribution is 0.0765. The van der Waals surface area contributed by atoms with Crippen LogP contribution in [0, 0.1) is 0 Å². The zero-order valence-corrected chi connectivity index (χ0v) is 7.44. The fourth-order valence-corrected chi connectivity index (χ4v) is 0.940. The average Bonchev–Trinajstić information content (AvgIpc) is 2.17. The van der Waals surface area contributed by atoms with Gasteiger partial charge in [0.25, 0.3) is 0 Å². The van der Waals surface area contributed by atoms with E-state index >= 15 is 0 Å². The third-order valence-corrected chi connectivity index (χ3v) is 1.59. The third kappa shape index (κ3) is 1.94. The Morgan fingerprint density at radius 3 is 2.92 bits per heavy atom. The van der Waals surface area contributed by atoms with Crippen molar-refractivity contribution in [1.29, 1.82) is 0 Å². The van der Waals surface area contributed by atoms with Crippen LogP contribution < -0.4 is 11.3 Å². The van der Waals surface area contributed by atoms with Crippen molar-refractivity contribution < 1.29 is 9.32 Å². The molecule has 4 nitrogen and oxygen atoms in total. The van der Waals surface area contributed by atoms with Crippen molar-refractivity contribution in [3.05, 3.63) is 29.8 Å². The van der Waals surface area contributed by atoms with Crippen LogP contribution in [0.15, 0.2) is 24.3 Å². The fourth-order valence-electron chi connectivity index (χ4n) is 0.804. The molecule has 0 heterocycles. The summed E-state index contributed by atoms with van der Waals surface area (Å²) >= 11 is 0. The van der Waals surface area contributed by atoms with Crippen molar-refractivity contribution in [1.82, 2.24) is 0 Å². The predicted molar refractivity (Wildman–Crippen MR) is 49.4 cm³/mol. The van der Waals surface area contributed by atoms with E-state index in [0.29, 0.717) is 11.3 Å². The highest BCUT2D eigenvalue weighted by Gasteiger charge is 2.04. The molecule has 1 atom stereocenters. The second-order valence-corrected chi connectivity index (χ2v) is 2.37. The van der Waals surface area contributed by atoms with Crippen molar-refractivity contribution in [3.63, 3.8) is 0 Å². The van der Waals surface area contributed by atoms with E-state index in [1.807, 2.05) is 9.47 Å². The predicted octanol–water partition coefficient (Wildman–Crippen LogP) is 0.919. The van der Waals surface area contributed by atoms with E-state index in [9.17, 15) is 4.79 Å². The van der Waals surface area contributed by atoms with Crippen molar-refractivity contribution in [2.45, 2.75) is 0 Å². The normalized spacial score (nSPS) is 9.17. The molecule has 0 saturated carbocycles. The number of hydrogen-bond donors (Lipinski definition) is 2. The Kier molecular flexibility index (Phi) is 3.02. The number of nitrogens with one attached hydrogen (secondary N) is 1. The Bertz CT molecular complexity index is 290. The molecular weight excluding hydrogens is 175 g/mol. The van der Waals surface area contributed by atoms with Gasteiger partial charge in [-0.15, -0.1) is 0 Å². The highest BCUT2D eigenvalue weighted by atomic mass is 31.0. The van der Waals surface area contributed by atoms with E-state index < -0.39 is 5.97 Å². The first-order chi connectivity index (χ1) is 5.77. The van der Waals surface area contributed by atoms with Crippen molar-refractivity contribution in [2.24, 2.45) is 5.84 Å². The molecule has 5 heteroatoms. The van der Waals surface area contributed by atoms with Crippen LogP contribution in [0.25, 0.3) is 0 Å². The van der Waals surface area contributed by atoms with E-state index in [0.717, 1.165) is 0 Å². The van der Waals surface area contributed by atoms with E-state index in [2.05, 4.69) is 9.95 Å². The summed E-state index contributed by atoms with van der Waals surface area (Å²) in [6.07, 6.45) is 0. The van der Waals surface area contributed by atoms with Gasteiger partial charge in [-0.2, -0.15) is 0 Å². The van der Waals surface area contributed by atoms with Crippen molar-refractivity contribution >= 4 is 21.1 Å². The summed E-state index contributed by atoms with van der Waals surface area (Å²) in [4.78, 5) is 11.0. The van der Waals surface area contributed by atoms with Gasteiger partial charge in [-0.25, -0.2) is 4.79 Å². The van der Waals surface area contributed by atoms with Gasteiger partial charge in [-0.3, -0.25) is 5.84 Å². The van der Waals surface area contributed by atoms with Gasteiger partial charge in [-0.05, 0) is 18.2 Å². The van der Waals surface area contributed by atoms with E-state index in [-0.39, 0.29) is 0 Å². The second-order valence-electron chi connectivity index (χ2n) is 2.13. The maximum atomic E-state index is 11.0. The Hall–Kier alpha value is -1.12. The Morgan fingerprint density at radius 2 is 2.33 bits per heavy atom. The van der Waals surface area contributed by atoms with Gasteiger partial charge in [-0.1, -0.05) is 6.07 Å². The molecule has 0 amide bonds. The minimum absolute atomic E-state index is 0.405. The molecule has 0 aliphatic rings. The third-order valence-electron chi connectivity index (χ3n) is 1.37. The molecule has 3 N–H and O–H groups in total. The molecule has 1 unspecified atom stereocenters. The monoisotopic (exact) mass is 184 g/mol. The molecule has 1 rings (SSSR count). The summed E-state index contributed by atoms with van der Waals surface area (Å²) in [5.74, 6) is 4.75. The van der Waals surface area contributed by atoms with Gasteiger partial charge in [0, 0.05) is 5.69 Å². The molecule has 1 aromatic carbocycles. The summed E-state index contributed by atoms with van der Waals surface area (Å²) in [7, 11) is 1.90. The van der Waals surface area contributed by atoms with Crippen molar-refractivity contribution in [2.75, 3.05) is 5.43 Å². The maximum absolute atomic E-state index is 11.0. The Balaban J connectivity index is 2.93. The molecule has 12 heavy (non-hydrogen) atoms. The fraction of sp³-hybridized carbons (Fsp3) is 0. The summed E-state index contributed by atoms with van der Waals surface area (Å²) in [5.41, 5.74) is 3.56. The van der Waals surface area contributed by atoms with Crippen LogP contribution in [0.3, 0.4) is 0 Å². The first-order valence-electron chi connectivity index (χ1n) is 3.25. The van der Waals surface area contributed by atoms with Crippen LogP contribution in [0.5, 0.6) is 0 Å². The number of benzene rings is 1. The van der Waals surface area contributed by atoms with E-state index in [1.165, 1.54) is 0 Å². The molecule has 0 fully saturated rings. The number of rotatable bonds is 2. The lowest BCUT2D eigenvalue weighted by Crippen LogP contribution is -2.07. The van der Waals surface area contributed by atoms with Crippen LogP contribution in [-0.4, -0.2) is 5.97 Å². The largest absolute Gasteiger partial charge is 0.448 e. The average molecular weight is 184 g/mol. The highest BCUT2D eigenvalue weighted by Crippen LogP contribution is 2.10. The van der Waals surface area contributed by atoms with Crippen LogP contribution in [0.2, 0.25) is 0 Å². The maximum Gasteiger partial charge on any atom is 0.340 e. The lowest BCUT2D eigenvalue weighted by atomic mass is 10.2. The molecule has 1 aromatic rings. The SMILES string of the molecule is NNc1cccc(C(=O)OP)c1. The molecule has 0 aliphatic carbocycles. The molecule has 0 spiro atoms. The van der Waals surface area contributed by atoms with Gasteiger partial charge in [0.2, 0.25) is 0 Å². The first kappa shape index (κ1) is 8.97. The number of carbonyl (C=O) groups excluding carboxylic acids is 1. The van der Waals surface area contributed by atoms with Gasteiger partial charge < -0.3 is 9.95 Å². The van der Waals surface area contributed by atoms with Gasteiger partial charge in [0.15, 0.2) is 0 Å². The highest BCUT2D eigenvalue weighted by molar-refractivity contribution is 7.10. The van der Waals surface area contributed by atoms with Gasteiger partial charge >= 0.3 is 5.97 Å². The minimum Gasteiger partial charge on any atom is -0.448 e. The molecule has 0 bridgehead atoms. The zero-order valence-electron chi connectivity index (χ0n) is 6.28. The molecule has 0 saturated heterocycles. The van der Waals surface area contributed by atoms with Gasteiger partial charge in [0.1, 0.15) is 0 Å². The molecule has 64 valence electrons. The van der Waals surface area contributed by atoms with E-state index in [1.54, 1.807) is 24.3 Å². The minimum atomic E-state index is -0.405. The zero-order chi connectivity index (χ0) is 8.97. The van der Waals surface area contributed by atoms with Crippen LogP contribution in [0.4, 0.5) is 5.69 Å². The molecule has 0 aromatic heterocycles. The van der Waals surface area contributed by atoms with Crippen molar-refractivity contribution in [3.8, 4) is 0 Å². The quantitative estimate of drug-likeness (QED) is 0.407. The summed E-state index contributed by atoms with van der Waals surface area (Å²) in [6.45, 7) is 0. The van der Waals surface area contributed by atoms with Crippen LogP contribution in [0.1, 0.15) is 10.4 Å². The molecule has 0 radical (unpaired) electrons. The Labute approximate surface area is 72.3 Å². The lowest BCUT2D eigenvalue weighted by Gasteiger charge is -2.01. The number of hydrogen-bond acceptors (Lipinski definition) is 4. The number of hydrazine groups is 1.